The molecular formula is C31H34N2O7S. The molecule has 2 heterocycles. The molecular weight excluding hydrogens is 544 g/mol. The molecule has 2 aromatic carbocycles. The van der Waals surface area contributed by atoms with Gasteiger partial charge in [-0.3, -0.25) is 14.5 Å². The Morgan fingerprint density at radius 2 is 1.76 bits per heavy atom. The lowest BCUT2D eigenvalue weighted by atomic mass is 9.95. The van der Waals surface area contributed by atoms with Crippen molar-refractivity contribution in [1.82, 2.24) is 4.98 Å². The fraction of sp³-hybridized carbons (Fsp3) is 0.355. The molecule has 1 N–H and O–H groups in total. The molecule has 1 aliphatic heterocycles. The lowest BCUT2D eigenvalue weighted by Gasteiger charge is -2.24. The van der Waals surface area contributed by atoms with Gasteiger partial charge in [-0.15, -0.1) is 0 Å². The van der Waals surface area contributed by atoms with E-state index in [-0.39, 0.29) is 21.3 Å². The number of esters is 1. The lowest BCUT2D eigenvalue weighted by molar-refractivity contribution is -0.132. The van der Waals surface area contributed by atoms with Crippen molar-refractivity contribution in [3.63, 3.8) is 0 Å². The van der Waals surface area contributed by atoms with Crippen LogP contribution in [0, 0.1) is 13.8 Å². The third kappa shape index (κ3) is 6.12. The molecule has 0 bridgehead atoms. The van der Waals surface area contributed by atoms with Crippen LogP contribution in [0.15, 0.2) is 48.0 Å². The minimum absolute atomic E-state index is 0.0922. The highest BCUT2D eigenvalue weighted by atomic mass is 32.1. The first-order valence-electron chi connectivity index (χ1n) is 13.5. The number of methoxy groups -OCH3 is 1. The van der Waals surface area contributed by atoms with Gasteiger partial charge in [0.1, 0.15) is 10.6 Å². The third-order valence-electron chi connectivity index (χ3n) is 6.72. The Morgan fingerprint density at radius 3 is 2.41 bits per heavy atom. The van der Waals surface area contributed by atoms with Crippen LogP contribution in [0.2, 0.25) is 0 Å². The predicted molar refractivity (Wildman–Crippen MR) is 157 cm³/mol. The summed E-state index contributed by atoms with van der Waals surface area (Å²) in [6.45, 7) is 8.39. The van der Waals surface area contributed by atoms with Crippen molar-refractivity contribution < 1.29 is 33.7 Å². The Kier molecular flexibility index (Phi) is 9.44. The van der Waals surface area contributed by atoms with Crippen LogP contribution in [0.3, 0.4) is 0 Å². The van der Waals surface area contributed by atoms with Crippen LogP contribution in [-0.2, 0) is 14.3 Å². The third-order valence-corrected chi connectivity index (χ3v) is 7.86. The number of aromatic nitrogens is 1. The first kappa shape index (κ1) is 29.8. The number of aryl methyl sites for hydroxylation is 2. The monoisotopic (exact) mass is 578 g/mol. The second-order valence-corrected chi connectivity index (χ2v) is 10.6. The maximum Gasteiger partial charge on any atom is 0.350 e. The quantitative estimate of drug-likeness (QED) is 0.0949. The maximum atomic E-state index is 13.6. The fourth-order valence-corrected chi connectivity index (χ4v) is 5.61. The number of aliphatic hydroxyl groups is 1. The van der Waals surface area contributed by atoms with E-state index in [0.29, 0.717) is 41.5 Å². The topological polar surface area (TPSA) is 115 Å². The van der Waals surface area contributed by atoms with E-state index in [1.54, 1.807) is 37.3 Å². The van der Waals surface area contributed by atoms with Crippen molar-refractivity contribution in [3.8, 4) is 11.5 Å². The van der Waals surface area contributed by atoms with Gasteiger partial charge in [0, 0.05) is 5.56 Å². The van der Waals surface area contributed by atoms with E-state index in [2.05, 4.69) is 11.9 Å². The van der Waals surface area contributed by atoms with Gasteiger partial charge in [-0.25, -0.2) is 9.78 Å². The number of ether oxygens (including phenoxy) is 3. The highest BCUT2D eigenvalue weighted by Gasteiger charge is 2.48. The average molecular weight is 579 g/mol. The molecule has 10 heteroatoms. The second-order valence-electron chi connectivity index (χ2n) is 9.63. The highest BCUT2D eigenvalue weighted by molar-refractivity contribution is 7.17. The molecule has 1 saturated heterocycles. The normalized spacial score (nSPS) is 16.2. The zero-order valence-corrected chi connectivity index (χ0v) is 24.7. The van der Waals surface area contributed by atoms with Crippen molar-refractivity contribution in [2.24, 2.45) is 0 Å². The lowest BCUT2D eigenvalue weighted by Crippen LogP contribution is -2.29. The average Bonchev–Trinajstić information content (AvgIpc) is 3.47. The summed E-state index contributed by atoms with van der Waals surface area (Å²) in [5, 5.41) is 11.5. The van der Waals surface area contributed by atoms with Crippen LogP contribution in [0.5, 0.6) is 11.5 Å². The zero-order chi connectivity index (χ0) is 29.7. The molecule has 9 nitrogen and oxygen atoms in total. The number of nitrogens with zero attached hydrogens (tertiary/aromatic N) is 2. The molecule has 1 aromatic heterocycles. The van der Waals surface area contributed by atoms with Gasteiger partial charge >= 0.3 is 11.9 Å². The number of benzene rings is 2. The molecule has 1 amide bonds. The molecule has 0 saturated carbocycles. The predicted octanol–water partition coefficient (Wildman–Crippen LogP) is 6.14. The van der Waals surface area contributed by atoms with E-state index in [4.69, 9.17) is 14.2 Å². The van der Waals surface area contributed by atoms with Crippen molar-refractivity contribution in [2.45, 2.75) is 53.0 Å². The van der Waals surface area contributed by atoms with E-state index in [1.807, 2.05) is 26.0 Å². The van der Waals surface area contributed by atoms with Gasteiger partial charge < -0.3 is 19.3 Å². The summed E-state index contributed by atoms with van der Waals surface area (Å²) in [6.07, 6.45) is 3.00. The van der Waals surface area contributed by atoms with Crippen molar-refractivity contribution in [3.05, 3.63) is 75.3 Å². The number of anilines is 1. The molecule has 41 heavy (non-hydrogen) atoms. The molecule has 1 atom stereocenters. The fourth-order valence-electron chi connectivity index (χ4n) is 4.60. The van der Waals surface area contributed by atoms with Crippen LogP contribution < -0.4 is 14.4 Å². The molecule has 216 valence electrons. The van der Waals surface area contributed by atoms with Gasteiger partial charge in [0.25, 0.3) is 5.78 Å². The van der Waals surface area contributed by atoms with Gasteiger partial charge in [0.15, 0.2) is 16.6 Å². The number of aliphatic hydroxyl groups excluding tert-OH is 1. The molecule has 0 spiro atoms. The van der Waals surface area contributed by atoms with E-state index >= 15 is 0 Å². The summed E-state index contributed by atoms with van der Waals surface area (Å²) in [4.78, 5) is 45.3. The first-order valence-corrected chi connectivity index (χ1v) is 14.4. The summed E-state index contributed by atoms with van der Waals surface area (Å²) in [5.74, 6) is -1.64. The molecule has 0 radical (unpaired) electrons. The Balaban J connectivity index is 1.88. The summed E-state index contributed by atoms with van der Waals surface area (Å²) < 4.78 is 16.7. The van der Waals surface area contributed by atoms with E-state index in [1.165, 1.54) is 12.0 Å². The smallest absolute Gasteiger partial charge is 0.350 e. The van der Waals surface area contributed by atoms with Crippen LogP contribution in [0.4, 0.5) is 5.13 Å². The standard InChI is InChI=1S/C31H34N2O7S/c1-6-8-9-16-40-22-15-14-21(17-23(22)39-7-2)25-24(26(34)20-12-10-18(3)11-13-20)27(35)29(36)33(25)31-32-19(4)28(41-31)30(37)38-5/h10-15,17,25,34H,6-9,16H2,1-5H3/b26-24+. The molecule has 4 rings (SSSR count). The summed E-state index contributed by atoms with van der Waals surface area (Å²) in [7, 11) is 1.26. The van der Waals surface area contributed by atoms with Crippen LogP contribution >= 0.6 is 11.3 Å². The van der Waals surface area contributed by atoms with Crippen LogP contribution in [-0.4, -0.2) is 48.1 Å². The minimum atomic E-state index is -1.04. The van der Waals surface area contributed by atoms with Gasteiger partial charge in [0.05, 0.1) is 37.6 Å². The summed E-state index contributed by atoms with van der Waals surface area (Å²) in [5.41, 5.74) is 2.15. The Bertz CT molecular complexity index is 1480. The number of ketones is 1. The number of hydrogen-bond acceptors (Lipinski definition) is 9. The number of Topliss-reactive ketones (excluding diaryl/α,β-unsaturated/α-hetero) is 1. The van der Waals surface area contributed by atoms with E-state index < -0.39 is 23.7 Å². The van der Waals surface area contributed by atoms with Crippen molar-refractivity contribution in [2.75, 3.05) is 25.2 Å². The van der Waals surface area contributed by atoms with Gasteiger partial charge in [-0.2, -0.15) is 0 Å². The molecule has 1 fully saturated rings. The number of unbranched alkanes of at least 4 members (excludes halogenated alkanes) is 2. The van der Waals surface area contributed by atoms with Crippen molar-refractivity contribution in [1.29, 1.82) is 0 Å². The number of amides is 1. The summed E-state index contributed by atoms with van der Waals surface area (Å²) in [6, 6.07) is 11.2. The second kappa shape index (κ2) is 13.0. The number of rotatable bonds is 11. The molecule has 0 aliphatic carbocycles. The van der Waals surface area contributed by atoms with Crippen molar-refractivity contribution >= 4 is 39.9 Å². The zero-order valence-electron chi connectivity index (χ0n) is 23.9. The van der Waals surface area contributed by atoms with Gasteiger partial charge in [-0.05, 0) is 44.9 Å². The van der Waals surface area contributed by atoms with Gasteiger partial charge in [0.2, 0.25) is 0 Å². The largest absolute Gasteiger partial charge is 0.507 e. The Labute approximate surface area is 243 Å². The van der Waals surface area contributed by atoms with E-state index in [0.717, 1.165) is 36.2 Å². The minimum Gasteiger partial charge on any atom is -0.507 e. The SMILES string of the molecule is CCCCCOc1ccc(C2/C(=C(\O)c3ccc(C)cc3)C(=O)C(=O)N2c2nc(C)c(C(=O)OC)s2)cc1OCC. The molecule has 1 unspecified atom stereocenters. The highest BCUT2D eigenvalue weighted by Crippen LogP contribution is 2.45. The molecule has 3 aromatic rings. The van der Waals surface area contributed by atoms with E-state index in [9.17, 15) is 19.5 Å². The van der Waals surface area contributed by atoms with Gasteiger partial charge in [-0.1, -0.05) is 67.0 Å². The number of carbonyl (C=O) groups is 3. The Morgan fingerprint density at radius 1 is 1.02 bits per heavy atom. The van der Waals surface area contributed by atoms with Crippen LogP contribution in [0.25, 0.3) is 5.76 Å². The first-order chi connectivity index (χ1) is 19.7. The van der Waals surface area contributed by atoms with Crippen LogP contribution in [0.1, 0.15) is 71.2 Å². The number of thiazole rings is 1. The Hall–Kier alpha value is -4.18. The number of carbonyl (C=O) groups excluding carboxylic acids is 3. The summed E-state index contributed by atoms with van der Waals surface area (Å²) >= 11 is 0.946. The molecule has 1 aliphatic rings. The maximum absolute atomic E-state index is 13.6. The number of hydrogen-bond donors (Lipinski definition) is 1.